The molecule has 0 radical (unpaired) electrons. The summed E-state index contributed by atoms with van der Waals surface area (Å²) in [7, 11) is 1.42. The predicted octanol–water partition coefficient (Wildman–Crippen LogP) is 3.53. The molecule has 6 rings (SSSR count). The standard InChI is InChI=1S/C24H23N3O2/c1-29-22(28)8-9-24-19-7-4-13(25)10-18(19)23(16-5-2-14(26)11-20(16)24)17-6-3-15(27)12-21(17)24/h2-7,10-12,23H,8-9,25-27H2,1H3. The molecule has 0 aliphatic heterocycles. The molecule has 0 saturated carbocycles. The maximum Gasteiger partial charge on any atom is 0.305 e. The fourth-order valence-electron chi connectivity index (χ4n) is 5.33. The Morgan fingerprint density at radius 1 is 0.828 bits per heavy atom. The van der Waals surface area contributed by atoms with Crippen LogP contribution in [0.5, 0.6) is 0 Å². The van der Waals surface area contributed by atoms with Crippen molar-refractivity contribution in [1.29, 1.82) is 0 Å². The summed E-state index contributed by atoms with van der Waals surface area (Å²) < 4.78 is 4.97. The lowest BCUT2D eigenvalue weighted by molar-refractivity contribution is -0.140. The molecule has 3 aliphatic rings. The van der Waals surface area contributed by atoms with E-state index in [1.807, 2.05) is 30.3 Å². The normalized spacial score (nSPS) is 20.5. The van der Waals surface area contributed by atoms with Gasteiger partial charge in [0.05, 0.1) is 7.11 Å². The lowest BCUT2D eigenvalue weighted by Gasteiger charge is -2.51. The van der Waals surface area contributed by atoms with Gasteiger partial charge in [-0.3, -0.25) is 4.79 Å². The zero-order chi connectivity index (χ0) is 20.3. The van der Waals surface area contributed by atoms with Crippen LogP contribution in [0, 0.1) is 0 Å². The number of rotatable bonds is 3. The Labute approximate surface area is 169 Å². The highest BCUT2D eigenvalue weighted by Gasteiger charge is 2.51. The van der Waals surface area contributed by atoms with Crippen LogP contribution in [0.2, 0.25) is 0 Å². The molecule has 0 saturated heterocycles. The highest BCUT2D eigenvalue weighted by Crippen LogP contribution is 2.61. The van der Waals surface area contributed by atoms with Gasteiger partial charge in [0.2, 0.25) is 0 Å². The van der Waals surface area contributed by atoms with Gasteiger partial charge in [-0.05, 0) is 76.2 Å². The molecule has 0 heterocycles. The van der Waals surface area contributed by atoms with Crippen LogP contribution in [-0.4, -0.2) is 13.1 Å². The van der Waals surface area contributed by atoms with E-state index < -0.39 is 5.41 Å². The molecular formula is C24H23N3O2. The first-order valence-electron chi connectivity index (χ1n) is 9.72. The van der Waals surface area contributed by atoms with Crippen LogP contribution < -0.4 is 17.2 Å². The van der Waals surface area contributed by atoms with E-state index in [9.17, 15) is 4.79 Å². The number of anilines is 3. The largest absolute Gasteiger partial charge is 0.469 e. The fraction of sp³-hybridized carbons (Fsp3) is 0.208. The second-order valence-corrected chi connectivity index (χ2v) is 7.95. The SMILES string of the molecule is COC(=O)CCC12c3ccc(N)cc3C(c3ccc(N)cc31)c1ccc(N)cc12. The second kappa shape index (κ2) is 6.01. The molecule has 5 nitrogen and oxygen atoms in total. The maximum absolute atomic E-state index is 12.2. The van der Waals surface area contributed by atoms with Gasteiger partial charge in [0.25, 0.3) is 0 Å². The number of methoxy groups -OCH3 is 1. The average Bonchev–Trinajstić information content (AvgIpc) is 2.71. The lowest BCUT2D eigenvalue weighted by atomic mass is 9.51. The molecule has 5 heteroatoms. The molecule has 3 aromatic carbocycles. The number of nitrogens with two attached hydrogens (primary N) is 3. The van der Waals surface area contributed by atoms with Gasteiger partial charge in [0, 0.05) is 34.8 Å². The average molecular weight is 385 g/mol. The van der Waals surface area contributed by atoms with Gasteiger partial charge in [0.15, 0.2) is 0 Å². The topological polar surface area (TPSA) is 104 Å². The highest BCUT2D eigenvalue weighted by atomic mass is 16.5. The van der Waals surface area contributed by atoms with Crippen LogP contribution >= 0.6 is 0 Å². The van der Waals surface area contributed by atoms with Gasteiger partial charge < -0.3 is 21.9 Å². The molecular weight excluding hydrogens is 362 g/mol. The summed E-state index contributed by atoms with van der Waals surface area (Å²) in [6.45, 7) is 0. The molecule has 146 valence electrons. The van der Waals surface area contributed by atoms with E-state index in [-0.39, 0.29) is 18.3 Å². The van der Waals surface area contributed by atoms with Gasteiger partial charge in [0.1, 0.15) is 0 Å². The lowest BCUT2D eigenvalue weighted by Crippen LogP contribution is -2.42. The fourth-order valence-corrected chi connectivity index (χ4v) is 5.33. The minimum Gasteiger partial charge on any atom is -0.469 e. The smallest absolute Gasteiger partial charge is 0.305 e. The zero-order valence-electron chi connectivity index (χ0n) is 16.2. The molecule has 3 aromatic rings. The summed E-state index contributed by atoms with van der Waals surface area (Å²) in [4.78, 5) is 12.2. The van der Waals surface area contributed by atoms with Gasteiger partial charge in [-0.2, -0.15) is 0 Å². The molecule has 3 aliphatic carbocycles. The minimum atomic E-state index is -0.526. The molecule has 0 aromatic heterocycles. The maximum atomic E-state index is 12.2. The summed E-state index contributed by atoms with van der Waals surface area (Å²) in [5.74, 6) is -0.167. The van der Waals surface area contributed by atoms with Crippen LogP contribution in [0.1, 0.15) is 52.1 Å². The molecule has 0 amide bonds. The van der Waals surface area contributed by atoms with Crippen molar-refractivity contribution in [3.8, 4) is 0 Å². The minimum absolute atomic E-state index is 0.0692. The summed E-state index contributed by atoms with van der Waals surface area (Å²) in [6.07, 6.45) is 0.851. The van der Waals surface area contributed by atoms with Crippen LogP contribution in [0.4, 0.5) is 17.1 Å². The number of hydrogen-bond donors (Lipinski definition) is 3. The van der Waals surface area contributed by atoms with Gasteiger partial charge in [-0.15, -0.1) is 0 Å². The molecule has 29 heavy (non-hydrogen) atoms. The first-order valence-corrected chi connectivity index (χ1v) is 9.72. The van der Waals surface area contributed by atoms with Crippen molar-refractivity contribution in [2.75, 3.05) is 24.3 Å². The Hall–Kier alpha value is -3.47. The number of ether oxygens (including phenoxy) is 1. The monoisotopic (exact) mass is 385 g/mol. The third-order valence-electron chi connectivity index (χ3n) is 6.47. The molecule has 0 atom stereocenters. The first-order chi connectivity index (χ1) is 14.0. The van der Waals surface area contributed by atoms with Gasteiger partial charge in [-0.25, -0.2) is 0 Å². The van der Waals surface area contributed by atoms with E-state index in [2.05, 4.69) is 24.3 Å². The predicted molar refractivity (Wildman–Crippen MR) is 115 cm³/mol. The third kappa shape index (κ3) is 2.30. The highest BCUT2D eigenvalue weighted by molar-refractivity contribution is 5.77. The summed E-state index contributed by atoms with van der Waals surface area (Å²) >= 11 is 0. The Bertz CT molecular complexity index is 1120. The van der Waals surface area contributed by atoms with E-state index in [0.29, 0.717) is 17.8 Å². The Morgan fingerprint density at radius 2 is 1.38 bits per heavy atom. The van der Waals surface area contributed by atoms with Gasteiger partial charge in [-0.1, -0.05) is 18.2 Å². The Balaban J connectivity index is 1.88. The number of benzene rings is 3. The van der Waals surface area contributed by atoms with E-state index in [1.165, 1.54) is 23.8 Å². The van der Waals surface area contributed by atoms with Crippen molar-refractivity contribution in [3.05, 3.63) is 88.0 Å². The van der Waals surface area contributed by atoms with E-state index in [0.717, 1.165) is 22.4 Å². The summed E-state index contributed by atoms with van der Waals surface area (Å²) in [5, 5.41) is 0. The molecule has 6 N–H and O–H groups in total. The number of carbonyl (C=O) groups is 1. The van der Waals surface area contributed by atoms with E-state index in [1.54, 1.807) is 0 Å². The molecule has 2 bridgehead atoms. The summed E-state index contributed by atoms with van der Waals surface area (Å²) in [5.41, 5.74) is 27.3. The number of esters is 1. The van der Waals surface area contributed by atoms with Crippen LogP contribution in [0.3, 0.4) is 0 Å². The van der Waals surface area contributed by atoms with E-state index >= 15 is 0 Å². The van der Waals surface area contributed by atoms with Crippen molar-refractivity contribution in [3.63, 3.8) is 0 Å². The van der Waals surface area contributed by atoms with Crippen molar-refractivity contribution in [2.45, 2.75) is 24.2 Å². The Morgan fingerprint density at radius 3 is 1.97 bits per heavy atom. The number of hydrogen-bond acceptors (Lipinski definition) is 5. The Kier molecular flexibility index (Phi) is 3.65. The molecule has 0 spiro atoms. The van der Waals surface area contributed by atoms with Crippen molar-refractivity contribution in [1.82, 2.24) is 0 Å². The van der Waals surface area contributed by atoms with Crippen molar-refractivity contribution >= 4 is 23.0 Å². The number of carbonyl (C=O) groups excluding carboxylic acids is 1. The van der Waals surface area contributed by atoms with Crippen molar-refractivity contribution < 1.29 is 9.53 Å². The zero-order valence-corrected chi connectivity index (χ0v) is 16.2. The van der Waals surface area contributed by atoms with Crippen molar-refractivity contribution in [2.24, 2.45) is 0 Å². The van der Waals surface area contributed by atoms with E-state index in [4.69, 9.17) is 21.9 Å². The molecule has 0 fully saturated rings. The molecule has 0 unspecified atom stereocenters. The second-order valence-electron chi connectivity index (χ2n) is 7.95. The third-order valence-corrected chi connectivity index (χ3v) is 6.47. The summed E-state index contributed by atoms with van der Waals surface area (Å²) in [6, 6.07) is 18.3. The van der Waals surface area contributed by atoms with Crippen LogP contribution in [0.25, 0.3) is 0 Å². The number of nitrogen functional groups attached to an aromatic ring is 3. The first kappa shape index (κ1) is 17.6. The van der Waals surface area contributed by atoms with Crippen LogP contribution in [-0.2, 0) is 14.9 Å². The van der Waals surface area contributed by atoms with Gasteiger partial charge >= 0.3 is 5.97 Å². The van der Waals surface area contributed by atoms with Crippen LogP contribution in [0.15, 0.2) is 54.6 Å². The quantitative estimate of drug-likeness (QED) is 0.473.